The molecule has 1 N–H and O–H groups in total. The molecule has 0 aliphatic rings. The van der Waals surface area contributed by atoms with Crippen LogP contribution >= 0.6 is 44.5 Å². The first-order chi connectivity index (χ1) is 8.97. The predicted molar refractivity (Wildman–Crippen MR) is 83.4 cm³/mol. The summed E-state index contributed by atoms with van der Waals surface area (Å²) in [5, 5.41) is 2.65. The van der Waals surface area contributed by atoms with Crippen LogP contribution in [0.3, 0.4) is 0 Å². The third-order valence-corrected chi connectivity index (χ3v) is 4.03. The number of halogens is 3. The minimum Gasteiger partial charge on any atom is -0.321 e. The van der Waals surface area contributed by atoms with Gasteiger partial charge < -0.3 is 5.32 Å². The molecule has 2 aromatic rings. The Labute approximate surface area is 132 Å². The lowest BCUT2D eigenvalue weighted by Crippen LogP contribution is -2.13. The smallest absolute Gasteiger partial charge is 0.256 e. The van der Waals surface area contributed by atoms with E-state index in [0.717, 1.165) is 0 Å². The van der Waals surface area contributed by atoms with Gasteiger partial charge in [0.2, 0.25) is 0 Å². The first-order valence-electron chi connectivity index (χ1n) is 5.22. The van der Waals surface area contributed by atoms with Gasteiger partial charge in [0.15, 0.2) is 0 Å². The van der Waals surface area contributed by atoms with E-state index in [4.69, 9.17) is 0 Å². The minimum absolute atomic E-state index is 0.339. The second kappa shape index (κ2) is 6.07. The molecule has 2 rings (SSSR count). The van der Waals surface area contributed by atoms with Crippen LogP contribution in [0.25, 0.3) is 0 Å². The summed E-state index contributed by atoms with van der Waals surface area (Å²) in [6.07, 6.45) is 0. The van der Waals surface area contributed by atoms with Crippen LogP contribution < -0.4 is 5.32 Å². The predicted octanol–water partition coefficient (Wildman–Crippen LogP) is 4.89. The molecule has 0 fully saturated rings. The van der Waals surface area contributed by atoms with Crippen molar-refractivity contribution in [3.63, 3.8) is 0 Å². The van der Waals surface area contributed by atoms with Crippen molar-refractivity contribution >= 4 is 56.1 Å². The maximum atomic E-state index is 13.1. The van der Waals surface area contributed by atoms with E-state index in [0.29, 0.717) is 25.1 Å². The third-order valence-electron chi connectivity index (χ3n) is 2.37. The lowest BCUT2D eigenvalue weighted by molar-refractivity contribution is 0.102. The van der Waals surface area contributed by atoms with Crippen LogP contribution in [0.4, 0.5) is 10.1 Å². The number of carbonyl (C=O) groups excluding carboxylic acids is 1. The highest BCUT2D eigenvalue weighted by Crippen LogP contribution is 2.26. The molecule has 0 unspecified atom stereocenters. The fraction of sp³-hybridized carbons (Fsp3) is 0. The van der Waals surface area contributed by atoms with Crippen molar-refractivity contribution in [2.45, 2.75) is 4.90 Å². The molecule has 6 heteroatoms. The number of nitrogens with one attached hydrogen (secondary N) is 1. The van der Waals surface area contributed by atoms with Crippen molar-refractivity contribution in [3.8, 4) is 0 Å². The molecule has 0 saturated carbocycles. The number of anilines is 1. The zero-order valence-corrected chi connectivity index (χ0v) is 13.5. The molecule has 98 valence electrons. The van der Waals surface area contributed by atoms with Gasteiger partial charge in [-0.1, -0.05) is 0 Å². The molecule has 0 aliphatic carbocycles. The normalized spacial score (nSPS) is 10.3. The van der Waals surface area contributed by atoms with Crippen LogP contribution in [0.1, 0.15) is 10.4 Å². The molecule has 1 amide bonds. The zero-order valence-electron chi connectivity index (χ0n) is 9.45. The monoisotopic (exact) mass is 403 g/mol. The van der Waals surface area contributed by atoms with Gasteiger partial charge in [-0.2, -0.15) is 0 Å². The van der Waals surface area contributed by atoms with E-state index >= 15 is 0 Å². The lowest BCUT2D eigenvalue weighted by Gasteiger charge is -2.09. The standard InChI is InChI=1S/C13H8Br2FNOS/c14-10-4-2-8(19)6-9(10)13(18)17-12-5-7(16)1-3-11(12)15/h1-6,19H,(H,17,18). The van der Waals surface area contributed by atoms with E-state index in [-0.39, 0.29) is 5.91 Å². The average Bonchev–Trinajstić information content (AvgIpc) is 2.36. The van der Waals surface area contributed by atoms with Crippen LogP contribution in [0.5, 0.6) is 0 Å². The Balaban J connectivity index is 2.30. The van der Waals surface area contributed by atoms with E-state index in [1.807, 2.05) is 0 Å². The molecule has 0 heterocycles. The first kappa shape index (κ1) is 14.6. The average molecular weight is 405 g/mol. The Morgan fingerprint density at radius 2 is 1.79 bits per heavy atom. The van der Waals surface area contributed by atoms with Crippen molar-refractivity contribution in [1.82, 2.24) is 0 Å². The van der Waals surface area contributed by atoms with Gasteiger partial charge in [-0.3, -0.25) is 4.79 Å². The quantitative estimate of drug-likeness (QED) is 0.685. The largest absolute Gasteiger partial charge is 0.321 e. The van der Waals surface area contributed by atoms with Crippen LogP contribution in [-0.2, 0) is 0 Å². The topological polar surface area (TPSA) is 29.1 Å². The molecular formula is C13H8Br2FNOS. The third kappa shape index (κ3) is 3.58. The van der Waals surface area contributed by atoms with Gasteiger partial charge in [0.25, 0.3) is 5.91 Å². The number of amides is 1. The van der Waals surface area contributed by atoms with Gasteiger partial charge in [0.05, 0.1) is 11.3 Å². The summed E-state index contributed by atoms with van der Waals surface area (Å²) >= 11 is 10.7. The molecule has 0 bridgehead atoms. The number of hydrogen-bond donors (Lipinski definition) is 2. The molecule has 0 radical (unpaired) electrons. The molecule has 19 heavy (non-hydrogen) atoms. The number of rotatable bonds is 2. The van der Waals surface area contributed by atoms with E-state index < -0.39 is 5.82 Å². The van der Waals surface area contributed by atoms with Gasteiger partial charge in [-0.05, 0) is 68.3 Å². The van der Waals surface area contributed by atoms with E-state index in [2.05, 4.69) is 49.8 Å². The fourth-order valence-corrected chi connectivity index (χ4v) is 2.45. The Morgan fingerprint density at radius 1 is 1.11 bits per heavy atom. The van der Waals surface area contributed by atoms with E-state index in [1.165, 1.54) is 18.2 Å². The summed E-state index contributed by atoms with van der Waals surface area (Å²) < 4.78 is 14.4. The summed E-state index contributed by atoms with van der Waals surface area (Å²) in [6, 6.07) is 9.23. The Morgan fingerprint density at radius 3 is 2.53 bits per heavy atom. The fourth-order valence-electron chi connectivity index (χ4n) is 1.47. The molecule has 0 atom stereocenters. The van der Waals surface area contributed by atoms with Crippen molar-refractivity contribution < 1.29 is 9.18 Å². The summed E-state index contributed by atoms with van der Waals surface area (Å²) in [4.78, 5) is 12.8. The molecule has 0 spiro atoms. The molecule has 0 aliphatic heterocycles. The highest BCUT2D eigenvalue weighted by molar-refractivity contribution is 9.11. The van der Waals surface area contributed by atoms with Crippen LogP contribution in [0.2, 0.25) is 0 Å². The maximum absolute atomic E-state index is 13.1. The number of thiol groups is 1. The summed E-state index contributed by atoms with van der Waals surface area (Å²) in [6.45, 7) is 0. The summed E-state index contributed by atoms with van der Waals surface area (Å²) in [5.74, 6) is -0.755. The maximum Gasteiger partial charge on any atom is 0.256 e. The van der Waals surface area contributed by atoms with E-state index in [9.17, 15) is 9.18 Å². The summed E-state index contributed by atoms with van der Waals surface area (Å²) in [5.41, 5.74) is 0.810. The Hall–Kier alpha value is -0.850. The van der Waals surface area contributed by atoms with Crippen molar-refractivity contribution in [3.05, 3.63) is 56.7 Å². The van der Waals surface area contributed by atoms with Gasteiger partial charge >= 0.3 is 0 Å². The number of hydrogen-bond acceptors (Lipinski definition) is 2. The van der Waals surface area contributed by atoms with Gasteiger partial charge in [0, 0.05) is 13.8 Å². The number of benzene rings is 2. The second-order valence-corrected chi connectivity index (χ2v) is 5.97. The molecule has 0 aromatic heterocycles. The van der Waals surface area contributed by atoms with Crippen LogP contribution in [0, 0.1) is 5.82 Å². The molecule has 0 saturated heterocycles. The van der Waals surface area contributed by atoms with Crippen molar-refractivity contribution in [2.24, 2.45) is 0 Å². The van der Waals surface area contributed by atoms with Crippen LogP contribution in [0.15, 0.2) is 50.2 Å². The number of carbonyl (C=O) groups is 1. The van der Waals surface area contributed by atoms with Crippen LogP contribution in [-0.4, -0.2) is 5.91 Å². The lowest BCUT2D eigenvalue weighted by atomic mass is 10.2. The van der Waals surface area contributed by atoms with Crippen molar-refractivity contribution in [2.75, 3.05) is 5.32 Å². The van der Waals surface area contributed by atoms with Gasteiger partial charge in [0.1, 0.15) is 5.82 Å². The van der Waals surface area contributed by atoms with Gasteiger partial charge in [-0.15, -0.1) is 12.6 Å². The highest BCUT2D eigenvalue weighted by atomic mass is 79.9. The summed E-state index contributed by atoms with van der Waals surface area (Å²) in [7, 11) is 0. The van der Waals surface area contributed by atoms with Gasteiger partial charge in [-0.25, -0.2) is 4.39 Å². The molecular weight excluding hydrogens is 397 g/mol. The second-order valence-electron chi connectivity index (χ2n) is 3.74. The van der Waals surface area contributed by atoms with Crippen molar-refractivity contribution in [1.29, 1.82) is 0 Å². The minimum atomic E-state index is -0.416. The zero-order chi connectivity index (χ0) is 14.0. The Kier molecular flexibility index (Phi) is 4.65. The first-order valence-corrected chi connectivity index (χ1v) is 7.25. The molecule has 2 aromatic carbocycles. The SMILES string of the molecule is O=C(Nc1cc(F)ccc1Br)c1cc(S)ccc1Br. The Bertz CT molecular complexity index is 649. The highest BCUT2D eigenvalue weighted by Gasteiger charge is 2.12. The van der Waals surface area contributed by atoms with E-state index in [1.54, 1.807) is 18.2 Å². The molecule has 2 nitrogen and oxygen atoms in total.